The zero-order valence-corrected chi connectivity index (χ0v) is 23.0. The van der Waals surface area contributed by atoms with E-state index in [1.807, 2.05) is 78.9 Å². The smallest absolute Gasteiger partial charge is 0.333 e. The molecule has 0 atom stereocenters. The first-order chi connectivity index (χ1) is 18.6. The van der Waals surface area contributed by atoms with Gasteiger partial charge in [-0.3, -0.25) is 5.32 Å². The monoisotopic (exact) mass is 532 g/mol. The minimum atomic E-state index is -1.34. The Bertz CT molecular complexity index is 1050. The summed E-state index contributed by atoms with van der Waals surface area (Å²) in [6.45, 7) is 0.372. The highest BCUT2D eigenvalue weighted by atomic mass is 35.5. The van der Waals surface area contributed by atoms with E-state index in [2.05, 4.69) is 10.6 Å². The lowest BCUT2D eigenvalue weighted by Crippen LogP contribution is -2.49. The number of hydrogen-bond donors (Lipinski definition) is 3. The molecule has 3 N–H and O–H groups in total. The summed E-state index contributed by atoms with van der Waals surface area (Å²) >= 11 is 6.05. The van der Waals surface area contributed by atoms with Gasteiger partial charge < -0.3 is 10.4 Å². The van der Waals surface area contributed by atoms with Crippen LogP contribution in [0.4, 0.5) is 0 Å². The number of carboxylic acid groups (broad SMARTS) is 1. The van der Waals surface area contributed by atoms with Crippen LogP contribution in [0, 0.1) is 0 Å². The number of rotatable bonds is 8. The van der Waals surface area contributed by atoms with Gasteiger partial charge in [-0.2, -0.15) is 0 Å². The molecule has 2 aliphatic carbocycles. The van der Waals surface area contributed by atoms with Crippen LogP contribution in [-0.4, -0.2) is 23.2 Å². The predicted octanol–water partition coefficient (Wildman–Crippen LogP) is 7.70. The summed E-state index contributed by atoms with van der Waals surface area (Å²) in [5, 5.41) is 17.9. The van der Waals surface area contributed by atoms with Crippen LogP contribution in [-0.2, 0) is 16.9 Å². The van der Waals surface area contributed by atoms with Gasteiger partial charge in [-0.05, 0) is 54.5 Å². The largest absolute Gasteiger partial charge is 0.479 e. The van der Waals surface area contributed by atoms with Crippen molar-refractivity contribution < 1.29 is 9.90 Å². The second-order valence-electron chi connectivity index (χ2n) is 10.6. The zero-order chi connectivity index (χ0) is 26.6. The molecule has 5 heteroatoms. The summed E-state index contributed by atoms with van der Waals surface area (Å²) < 4.78 is 0. The first-order valence-electron chi connectivity index (χ1n) is 14.2. The SMILES string of the molecule is C1CCC(NC2CCCCC2)CC1.O=C(O)C(NCc1cccc(Cl)c1)(c1ccccc1)c1ccccc1. The van der Waals surface area contributed by atoms with E-state index in [9.17, 15) is 9.90 Å². The molecule has 2 fully saturated rings. The molecular weight excluding hydrogens is 492 g/mol. The molecule has 2 saturated carbocycles. The summed E-state index contributed by atoms with van der Waals surface area (Å²) in [7, 11) is 0. The van der Waals surface area contributed by atoms with Gasteiger partial charge in [0, 0.05) is 23.7 Å². The normalized spacial score (nSPS) is 16.9. The van der Waals surface area contributed by atoms with E-state index in [0.29, 0.717) is 22.7 Å². The molecule has 0 amide bonds. The van der Waals surface area contributed by atoms with Crippen molar-refractivity contribution in [1.82, 2.24) is 10.6 Å². The topological polar surface area (TPSA) is 61.4 Å². The maximum absolute atomic E-state index is 12.4. The van der Waals surface area contributed by atoms with Gasteiger partial charge in [0.05, 0.1) is 0 Å². The Hall–Kier alpha value is -2.66. The Morgan fingerprint density at radius 3 is 1.68 bits per heavy atom. The van der Waals surface area contributed by atoms with Crippen molar-refractivity contribution in [3.05, 3.63) is 107 Å². The third-order valence-electron chi connectivity index (χ3n) is 7.86. The highest BCUT2D eigenvalue weighted by molar-refractivity contribution is 6.30. The van der Waals surface area contributed by atoms with Gasteiger partial charge in [-0.1, -0.05) is 123 Å². The summed E-state index contributed by atoms with van der Waals surface area (Å²) in [6, 6.07) is 27.6. The maximum Gasteiger partial charge on any atom is 0.333 e. The molecule has 0 heterocycles. The van der Waals surface area contributed by atoms with E-state index in [1.54, 1.807) is 6.07 Å². The minimum Gasteiger partial charge on any atom is -0.479 e. The van der Waals surface area contributed by atoms with Gasteiger partial charge in [0.25, 0.3) is 0 Å². The average molecular weight is 533 g/mol. The fourth-order valence-electron chi connectivity index (χ4n) is 5.82. The molecule has 4 nitrogen and oxygen atoms in total. The van der Waals surface area contributed by atoms with Crippen LogP contribution in [0.5, 0.6) is 0 Å². The van der Waals surface area contributed by atoms with Crippen molar-refractivity contribution in [2.75, 3.05) is 0 Å². The molecule has 0 unspecified atom stereocenters. The molecule has 5 rings (SSSR count). The Kier molecular flexibility index (Phi) is 10.8. The van der Waals surface area contributed by atoms with Crippen LogP contribution < -0.4 is 10.6 Å². The van der Waals surface area contributed by atoms with Crippen LogP contribution in [0.1, 0.15) is 80.9 Å². The molecule has 202 valence electrons. The van der Waals surface area contributed by atoms with Gasteiger partial charge in [0.2, 0.25) is 0 Å². The summed E-state index contributed by atoms with van der Waals surface area (Å²) in [6.07, 6.45) is 14.6. The average Bonchev–Trinajstić information content (AvgIpc) is 2.96. The summed E-state index contributed by atoms with van der Waals surface area (Å²) in [5.41, 5.74) is 0.932. The molecule has 3 aromatic rings. The third kappa shape index (κ3) is 7.69. The van der Waals surface area contributed by atoms with E-state index in [-0.39, 0.29) is 0 Å². The maximum atomic E-state index is 12.4. The lowest BCUT2D eigenvalue weighted by Gasteiger charge is -2.32. The number of benzene rings is 3. The number of aliphatic carboxylic acids is 1. The van der Waals surface area contributed by atoms with Crippen LogP contribution >= 0.6 is 11.6 Å². The number of nitrogens with one attached hydrogen (secondary N) is 2. The second-order valence-corrected chi connectivity index (χ2v) is 11.0. The van der Waals surface area contributed by atoms with Crippen LogP contribution in [0.25, 0.3) is 0 Å². The van der Waals surface area contributed by atoms with Crippen LogP contribution in [0.2, 0.25) is 5.02 Å². The molecule has 0 aromatic heterocycles. The number of halogens is 1. The summed E-state index contributed by atoms with van der Waals surface area (Å²) in [5.74, 6) is -0.952. The molecule has 2 aliphatic rings. The van der Waals surface area contributed by atoms with E-state index >= 15 is 0 Å². The lowest BCUT2D eigenvalue weighted by atomic mass is 9.82. The van der Waals surface area contributed by atoms with E-state index in [0.717, 1.165) is 17.6 Å². The Morgan fingerprint density at radius 2 is 1.24 bits per heavy atom. The first kappa shape index (κ1) is 28.4. The third-order valence-corrected chi connectivity index (χ3v) is 8.10. The zero-order valence-electron chi connectivity index (χ0n) is 22.2. The molecule has 0 aliphatic heterocycles. The number of hydrogen-bond acceptors (Lipinski definition) is 3. The molecule has 38 heavy (non-hydrogen) atoms. The molecule has 0 spiro atoms. The van der Waals surface area contributed by atoms with Crippen LogP contribution in [0.3, 0.4) is 0 Å². The summed E-state index contributed by atoms with van der Waals surface area (Å²) in [4.78, 5) is 12.4. The van der Waals surface area contributed by atoms with Gasteiger partial charge in [0.15, 0.2) is 5.54 Å². The van der Waals surface area contributed by atoms with Gasteiger partial charge >= 0.3 is 5.97 Å². The van der Waals surface area contributed by atoms with Gasteiger partial charge in [-0.25, -0.2) is 4.79 Å². The molecule has 0 radical (unpaired) electrons. The van der Waals surface area contributed by atoms with Crippen molar-refractivity contribution >= 4 is 17.6 Å². The quantitative estimate of drug-likeness (QED) is 0.278. The van der Waals surface area contributed by atoms with Crippen molar-refractivity contribution in [2.45, 2.75) is 88.4 Å². The van der Waals surface area contributed by atoms with E-state index < -0.39 is 11.5 Å². The predicted molar refractivity (Wildman–Crippen MR) is 156 cm³/mol. The minimum absolute atomic E-state index is 0.372. The van der Waals surface area contributed by atoms with Gasteiger partial charge in [0.1, 0.15) is 0 Å². The fourth-order valence-corrected chi connectivity index (χ4v) is 6.04. The lowest BCUT2D eigenvalue weighted by molar-refractivity contribution is -0.143. The molecule has 3 aromatic carbocycles. The standard InChI is InChI=1S/C21H18ClNO2.C12H23N/c22-19-13-7-8-16(14-19)15-23-21(20(24)25,17-9-3-1-4-10-17)18-11-5-2-6-12-18;1-3-7-11(8-4-1)13-12-9-5-2-6-10-12/h1-14,23H,15H2,(H,24,25);11-13H,1-10H2. The Morgan fingerprint density at radius 1 is 0.737 bits per heavy atom. The molecular formula is C33H41ClN2O2. The molecule has 0 saturated heterocycles. The molecule has 0 bridgehead atoms. The van der Waals surface area contributed by atoms with Crippen molar-refractivity contribution in [3.63, 3.8) is 0 Å². The number of carbonyl (C=O) groups is 1. The highest BCUT2D eigenvalue weighted by Gasteiger charge is 2.41. The van der Waals surface area contributed by atoms with E-state index in [1.165, 1.54) is 64.2 Å². The second kappa shape index (κ2) is 14.5. The first-order valence-corrected chi connectivity index (χ1v) is 14.6. The highest BCUT2D eigenvalue weighted by Crippen LogP contribution is 2.31. The Labute approximate surface area is 232 Å². The van der Waals surface area contributed by atoms with Crippen molar-refractivity contribution in [3.8, 4) is 0 Å². The fraction of sp³-hybridized carbons (Fsp3) is 0.424. The Balaban J connectivity index is 0.000000216. The van der Waals surface area contributed by atoms with Crippen molar-refractivity contribution in [1.29, 1.82) is 0 Å². The van der Waals surface area contributed by atoms with Crippen LogP contribution in [0.15, 0.2) is 84.9 Å². The van der Waals surface area contributed by atoms with Crippen molar-refractivity contribution in [2.24, 2.45) is 0 Å². The number of carboxylic acids is 1. The van der Waals surface area contributed by atoms with E-state index in [4.69, 9.17) is 11.6 Å². The van der Waals surface area contributed by atoms with Gasteiger partial charge in [-0.15, -0.1) is 0 Å².